The fourth-order valence-electron chi connectivity index (χ4n) is 4.14. The van der Waals surface area contributed by atoms with Gasteiger partial charge in [0.15, 0.2) is 17.3 Å². The average Bonchev–Trinajstić information content (AvgIpc) is 3.47. The molecule has 2 aromatic carbocycles. The third kappa shape index (κ3) is 4.70. The highest BCUT2D eigenvalue weighted by Gasteiger charge is 2.44. The van der Waals surface area contributed by atoms with E-state index in [1.165, 1.54) is 11.3 Å². The number of aliphatic hydroxyl groups is 1. The first kappa shape index (κ1) is 23.6. The fraction of sp³-hybridized carbons (Fsp3) is 0.259. The summed E-state index contributed by atoms with van der Waals surface area (Å²) in [6.07, 6.45) is 0.589. The Labute approximate surface area is 203 Å². The highest BCUT2D eigenvalue weighted by molar-refractivity contribution is 7.12. The van der Waals surface area contributed by atoms with Crippen molar-refractivity contribution in [1.82, 2.24) is 4.90 Å². The van der Waals surface area contributed by atoms with E-state index in [-0.39, 0.29) is 11.4 Å². The predicted octanol–water partition coefficient (Wildman–Crippen LogP) is 5.37. The molecule has 1 amide bonds. The lowest BCUT2D eigenvalue weighted by molar-refractivity contribution is -0.129. The molecule has 1 atom stereocenters. The summed E-state index contributed by atoms with van der Waals surface area (Å²) < 4.78 is 11.5. The molecule has 6 nitrogen and oxygen atoms in total. The smallest absolute Gasteiger partial charge is 0.290 e. The maximum atomic E-state index is 13.4. The summed E-state index contributed by atoms with van der Waals surface area (Å²) in [5, 5.41) is 12.7. The Bertz CT molecular complexity index is 1190. The number of thiophene rings is 1. The van der Waals surface area contributed by atoms with Crippen molar-refractivity contribution in [2.45, 2.75) is 26.3 Å². The zero-order valence-corrected chi connectivity index (χ0v) is 20.0. The van der Waals surface area contributed by atoms with Gasteiger partial charge in [0.05, 0.1) is 29.7 Å². The van der Waals surface area contributed by atoms with Crippen LogP contribution in [0.3, 0.4) is 0 Å². The zero-order valence-electron chi connectivity index (χ0n) is 19.2. The highest BCUT2D eigenvalue weighted by atomic mass is 32.1. The molecule has 0 aliphatic carbocycles. The first-order valence-electron chi connectivity index (χ1n) is 11.3. The Hall–Kier alpha value is -3.58. The van der Waals surface area contributed by atoms with Crippen LogP contribution < -0.4 is 9.47 Å². The van der Waals surface area contributed by atoms with Gasteiger partial charge >= 0.3 is 0 Å². The number of ether oxygens (including phenoxy) is 2. The summed E-state index contributed by atoms with van der Waals surface area (Å²) in [5.74, 6) is -0.268. The lowest BCUT2D eigenvalue weighted by Gasteiger charge is -2.27. The molecule has 1 N–H and O–H groups in total. The molecule has 34 heavy (non-hydrogen) atoms. The number of aliphatic hydroxyl groups excluding tert-OH is 1. The molecule has 0 spiro atoms. The van der Waals surface area contributed by atoms with Crippen LogP contribution in [0.15, 0.2) is 77.4 Å². The molecule has 0 bridgehead atoms. The van der Waals surface area contributed by atoms with E-state index in [9.17, 15) is 14.7 Å². The van der Waals surface area contributed by atoms with Crippen LogP contribution in [0.4, 0.5) is 0 Å². The minimum atomic E-state index is -0.735. The summed E-state index contributed by atoms with van der Waals surface area (Å²) in [4.78, 5) is 28.6. The van der Waals surface area contributed by atoms with Crippen LogP contribution in [0.1, 0.15) is 40.7 Å². The Kier molecular flexibility index (Phi) is 7.33. The molecule has 1 unspecified atom stereocenters. The van der Waals surface area contributed by atoms with E-state index in [0.29, 0.717) is 48.1 Å². The van der Waals surface area contributed by atoms with Crippen molar-refractivity contribution in [3.8, 4) is 11.5 Å². The molecule has 0 fully saturated rings. The summed E-state index contributed by atoms with van der Waals surface area (Å²) in [7, 11) is 0. The number of hydrogen-bond acceptors (Lipinski definition) is 6. The van der Waals surface area contributed by atoms with Gasteiger partial charge in [-0.1, -0.05) is 42.5 Å². The maximum Gasteiger partial charge on any atom is 0.290 e. The van der Waals surface area contributed by atoms with Crippen LogP contribution in [0.5, 0.6) is 11.5 Å². The van der Waals surface area contributed by atoms with E-state index in [2.05, 4.69) is 0 Å². The van der Waals surface area contributed by atoms with Gasteiger partial charge in [-0.3, -0.25) is 9.59 Å². The second-order valence-electron chi connectivity index (χ2n) is 7.78. The molecule has 7 heteroatoms. The number of rotatable bonds is 10. The number of ketones is 1. The second-order valence-corrected chi connectivity index (χ2v) is 8.73. The molecular formula is C27H27NO5S. The fourth-order valence-corrected chi connectivity index (χ4v) is 4.81. The van der Waals surface area contributed by atoms with E-state index in [1.54, 1.807) is 34.5 Å². The number of carbonyl (C=O) groups excluding carboxylic acids is 2. The van der Waals surface area contributed by atoms with Gasteiger partial charge in [-0.05, 0) is 55.0 Å². The SMILES string of the molecule is CCOc1ccc(C2C(C(=O)c3cccs3)=C(O)C(=O)N2CCc2ccccc2)cc1OCC. The van der Waals surface area contributed by atoms with Crippen molar-refractivity contribution < 1.29 is 24.2 Å². The van der Waals surface area contributed by atoms with Gasteiger partial charge < -0.3 is 19.5 Å². The van der Waals surface area contributed by atoms with Gasteiger partial charge in [0, 0.05) is 6.54 Å². The number of benzene rings is 2. The topological polar surface area (TPSA) is 76.1 Å². The summed E-state index contributed by atoms with van der Waals surface area (Å²) in [6.45, 7) is 5.03. The van der Waals surface area contributed by atoms with Gasteiger partial charge in [0.2, 0.25) is 5.78 Å². The Morgan fingerprint density at radius 2 is 1.74 bits per heavy atom. The quantitative estimate of drug-likeness (QED) is 0.398. The average molecular weight is 478 g/mol. The Balaban J connectivity index is 1.76. The maximum absolute atomic E-state index is 13.4. The third-order valence-electron chi connectivity index (χ3n) is 5.66. The van der Waals surface area contributed by atoms with Crippen molar-refractivity contribution in [3.63, 3.8) is 0 Å². The molecule has 0 saturated heterocycles. The molecule has 1 aliphatic rings. The number of nitrogens with zero attached hydrogens (tertiary/aromatic N) is 1. The van der Waals surface area contributed by atoms with Gasteiger partial charge in [-0.25, -0.2) is 0 Å². The molecule has 176 valence electrons. The summed E-state index contributed by atoms with van der Waals surface area (Å²) >= 11 is 1.28. The normalized spacial score (nSPS) is 15.6. The van der Waals surface area contributed by atoms with Crippen LogP contribution in [0.2, 0.25) is 0 Å². The minimum Gasteiger partial charge on any atom is -0.503 e. The lowest BCUT2D eigenvalue weighted by atomic mass is 9.95. The van der Waals surface area contributed by atoms with E-state index >= 15 is 0 Å². The molecule has 0 saturated carbocycles. The lowest BCUT2D eigenvalue weighted by Crippen LogP contribution is -2.33. The van der Waals surface area contributed by atoms with Crippen molar-refractivity contribution in [2.24, 2.45) is 0 Å². The van der Waals surface area contributed by atoms with E-state index in [4.69, 9.17) is 9.47 Å². The van der Waals surface area contributed by atoms with Crippen LogP contribution >= 0.6 is 11.3 Å². The predicted molar refractivity (Wildman–Crippen MR) is 132 cm³/mol. The molecule has 3 aromatic rings. The van der Waals surface area contributed by atoms with Gasteiger partial charge in [0.1, 0.15) is 0 Å². The number of hydrogen-bond donors (Lipinski definition) is 1. The zero-order chi connectivity index (χ0) is 24.1. The first-order chi connectivity index (χ1) is 16.5. The van der Waals surface area contributed by atoms with Crippen molar-refractivity contribution in [2.75, 3.05) is 19.8 Å². The van der Waals surface area contributed by atoms with Crippen LogP contribution in [0.25, 0.3) is 0 Å². The molecule has 4 rings (SSSR count). The molecule has 0 radical (unpaired) electrons. The van der Waals surface area contributed by atoms with Crippen molar-refractivity contribution in [1.29, 1.82) is 0 Å². The van der Waals surface area contributed by atoms with Crippen LogP contribution in [-0.2, 0) is 11.2 Å². The van der Waals surface area contributed by atoms with Crippen LogP contribution in [-0.4, -0.2) is 41.5 Å². The first-order valence-corrected chi connectivity index (χ1v) is 12.2. The summed E-state index contributed by atoms with van der Waals surface area (Å²) in [5.41, 5.74) is 1.83. The standard InChI is InChI=1S/C27H27NO5S/c1-3-32-20-13-12-19(17-21(20)33-4-2)24-23(25(29)22-11-8-16-34-22)26(30)27(31)28(24)15-14-18-9-6-5-7-10-18/h5-13,16-17,24,30H,3-4,14-15H2,1-2H3. The van der Waals surface area contributed by atoms with Gasteiger partial charge in [0.25, 0.3) is 5.91 Å². The van der Waals surface area contributed by atoms with E-state index in [1.807, 2.05) is 50.2 Å². The van der Waals surface area contributed by atoms with Crippen molar-refractivity contribution >= 4 is 23.0 Å². The Morgan fingerprint density at radius 1 is 1.00 bits per heavy atom. The van der Waals surface area contributed by atoms with Crippen LogP contribution in [0, 0.1) is 0 Å². The van der Waals surface area contributed by atoms with E-state index in [0.717, 1.165) is 5.56 Å². The summed E-state index contributed by atoms with van der Waals surface area (Å²) in [6, 6.07) is 17.9. The number of carbonyl (C=O) groups is 2. The Morgan fingerprint density at radius 3 is 2.41 bits per heavy atom. The second kappa shape index (κ2) is 10.6. The highest BCUT2D eigenvalue weighted by Crippen LogP contribution is 2.42. The molecule has 1 aliphatic heterocycles. The third-order valence-corrected chi connectivity index (χ3v) is 6.53. The number of amides is 1. The van der Waals surface area contributed by atoms with E-state index < -0.39 is 17.7 Å². The monoisotopic (exact) mass is 477 g/mol. The minimum absolute atomic E-state index is 0.0899. The number of Topliss-reactive ketones (excluding diaryl/α,β-unsaturated/α-hetero) is 1. The molecular weight excluding hydrogens is 450 g/mol. The van der Waals surface area contributed by atoms with Gasteiger partial charge in [-0.15, -0.1) is 11.3 Å². The van der Waals surface area contributed by atoms with Gasteiger partial charge in [-0.2, -0.15) is 0 Å². The molecule has 2 heterocycles. The largest absolute Gasteiger partial charge is 0.503 e. The van der Waals surface area contributed by atoms with Crippen molar-refractivity contribution in [3.05, 3.63) is 93.4 Å². The molecule has 1 aromatic heterocycles.